The molecule has 1 aromatic heterocycles. The minimum Gasteiger partial charge on any atom is -0.449 e. The van der Waals surface area contributed by atoms with E-state index in [0.29, 0.717) is 0 Å². The van der Waals surface area contributed by atoms with Gasteiger partial charge in [0.05, 0.1) is 0 Å². The molecule has 0 bridgehead atoms. The van der Waals surface area contributed by atoms with Crippen molar-refractivity contribution < 1.29 is 14.6 Å². The molecule has 7 heteroatoms. The van der Waals surface area contributed by atoms with Crippen LogP contribution < -0.4 is 4.74 Å². The van der Waals surface area contributed by atoms with E-state index in [1.165, 1.54) is 0 Å². The van der Waals surface area contributed by atoms with Gasteiger partial charge >= 0.3 is 6.16 Å². The van der Waals surface area contributed by atoms with Crippen LogP contribution in [-0.4, -0.2) is 15.6 Å². The average molecular weight is 214 g/mol. The minimum atomic E-state index is -1.46. The summed E-state index contributed by atoms with van der Waals surface area (Å²) >= 11 is 11.8. The van der Waals surface area contributed by atoms with E-state index in [0.717, 1.165) is 11.5 Å². The molecular formula is C4HCl2NO3S. The second-order valence-corrected chi connectivity index (χ2v) is 3.20. The van der Waals surface area contributed by atoms with Crippen molar-refractivity contribution in [3.63, 3.8) is 0 Å². The fourth-order valence-electron chi connectivity index (χ4n) is 0.392. The predicted molar refractivity (Wildman–Crippen MR) is 40.8 cm³/mol. The Hall–Kier alpha value is -0.520. The summed E-state index contributed by atoms with van der Waals surface area (Å²) in [6.45, 7) is 0. The maximum absolute atomic E-state index is 9.97. The number of rotatable bonds is 1. The van der Waals surface area contributed by atoms with E-state index in [1.54, 1.807) is 0 Å². The van der Waals surface area contributed by atoms with Crippen molar-refractivity contribution in [1.29, 1.82) is 0 Å². The van der Waals surface area contributed by atoms with Crippen LogP contribution in [0.15, 0.2) is 0 Å². The lowest BCUT2D eigenvalue weighted by atomic mass is 10.7. The molecule has 0 aliphatic carbocycles. The third kappa shape index (κ3) is 1.95. The lowest BCUT2D eigenvalue weighted by molar-refractivity contribution is 0.143. The van der Waals surface area contributed by atoms with Gasteiger partial charge in [-0.25, -0.2) is 4.79 Å². The van der Waals surface area contributed by atoms with E-state index in [-0.39, 0.29) is 15.2 Å². The quantitative estimate of drug-likeness (QED) is 0.729. The molecule has 0 spiro atoms. The van der Waals surface area contributed by atoms with Gasteiger partial charge in [0.15, 0.2) is 0 Å². The zero-order chi connectivity index (χ0) is 8.43. The highest BCUT2D eigenvalue weighted by atomic mass is 35.5. The van der Waals surface area contributed by atoms with Crippen molar-refractivity contribution in [1.82, 2.24) is 4.37 Å². The molecule has 1 rings (SSSR count). The summed E-state index contributed by atoms with van der Waals surface area (Å²) in [5.41, 5.74) is 0. The Bertz CT molecular complexity index is 287. The maximum Gasteiger partial charge on any atom is 0.512 e. The summed E-state index contributed by atoms with van der Waals surface area (Å²) in [7, 11) is 0. The Morgan fingerprint density at radius 1 is 1.64 bits per heavy atom. The lowest BCUT2D eigenvalue weighted by Gasteiger charge is -1.91. The van der Waals surface area contributed by atoms with Gasteiger partial charge in [0.25, 0.3) is 5.88 Å². The summed E-state index contributed by atoms with van der Waals surface area (Å²) < 4.78 is 7.91. The highest BCUT2D eigenvalue weighted by Gasteiger charge is 2.13. The molecule has 1 N–H and O–H groups in total. The molecule has 0 radical (unpaired) electrons. The zero-order valence-corrected chi connectivity index (χ0v) is 7.20. The Labute approximate surface area is 75.5 Å². The predicted octanol–water partition coefficient (Wildman–Crippen LogP) is 2.51. The van der Waals surface area contributed by atoms with Crippen LogP contribution in [0.5, 0.6) is 5.88 Å². The highest BCUT2D eigenvalue weighted by Crippen LogP contribution is 2.34. The Balaban J connectivity index is 2.87. The third-order valence-electron chi connectivity index (χ3n) is 0.753. The largest absolute Gasteiger partial charge is 0.512 e. The number of carbonyl (C=O) groups is 1. The molecule has 0 saturated carbocycles. The summed E-state index contributed by atoms with van der Waals surface area (Å²) in [6, 6.07) is 0. The number of nitrogens with zero attached hydrogens (tertiary/aromatic N) is 1. The molecule has 0 aliphatic rings. The van der Waals surface area contributed by atoms with Crippen molar-refractivity contribution in [2.75, 3.05) is 0 Å². The number of ether oxygens (including phenoxy) is 1. The Kier molecular flexibility index (Phi) is 2.53. The maximum atomic E-state index is 9.97. The molecule has 60 valence electrons. The van der Waals surface area contributed by atoms with Gasteiger partial charge in [-0.1, -0.05) is 23.2 Å². The SMILES string of the molecule is O=C(O)Oc1nsc(Cl)c1Cl. The second kappa shape index (κ2) is 3.25. The van der Waals surface area contributed by atoms with Gasteiger partial charge in [-0.05, 0) is 11.5 Å². The summed E-state index contributed by atoms with van der Waals surface area (Å²) in [5, 5.41) is 8.17. The van der Waals surface area contributed by atoms with Gasteiger partial charge < -0.3 is 9.84 Å². The Morgan fingerprint density at radius 2 is 2.27 bits per heavy atom. The van der Waals surface area contributed by atoms with E-state index in [2.05, 4.69) is 9.11 Å². The van der Waals surface area contributed by atoms with Crippen LogP contribution in [0.25, 0.3) is 0 Å². The molecule has 0 fully saturated rings. The van der Waals surface area contributed by atoms with Crippen LogP contribution in [0.2, 0.25) is 9.36 Å². The first-order chi connectivity index (χ1) is 5.11. The van der Waals surface area contributed by atoms with Gasteiger partial charge in [0.2, 0.25) is 0 Å². The number of hydrogen-bond acceptors (Lipinski definition) is 4. The molecule has 0 unspecified atom stereocenters. The molecular weight excluding hydrogens is 213 g/mol. The topological polar surface area (TPSA) is 59.4 Å². The average Bonchev–Trinajstić information content (AvgIpc) is 2.18. The fourth-order valence-corrected chi connectivity index (χ4v) is 1.27. The summed E-state index contributed by atoms with van der Waals surface area (Å²) in [6.07, 6.45) is -1.46. The first kappa shape index (κ1) is 8.58. The van der Waals surface area contributed by atoms with Crippen molar-refractivity contribution >= 4 is 40.9 Å². The van der Waals surface area contributed by atoms with Gasteiger partial charge in [-0.15, -0.1) is 0 Å². The van der Waals surface area contributed by atoms with Crippen LogP contribution in [0.4, 0.5) is 4.79 Å². The van der Waals surface area contributed by atoms with Gasteiger partial charge in [0.1, 0.15) is 9.36 Å². The number of hydrogen-bond donors (Lipinski definition) is 1. The van der Waals surface area contributed by atoms with Gasteiger partial charge in [-0.2, -0.15) is 4.37 Å². The zero-order valence-electron chi connectivity index (χ0n) is 4.88. The van der Waals surface area contributed by atoms with Crippen LogP contribution >= 0.6 is 34.7 Å². The number of halogens is 2. The molecule has 0 aromatic carbocycles. The fraction of sp³-hybridized carbons (Fsp3) is 0. The van der Waals surface area contributed by atoms with Gasteiger partial charge in [0, 0.05) is 0 Å². The molecule has 11 heavy (non-hydrogen) atoms. The molecule has 4 nitrogen and oxygen atoms in total. The van der Waals surface area contributed by atoms with Crippen molar-refractivity contribution in [3.05, 3.63) is 9.36 Å². The van der Waals surface area contributed by atoms with E-state index in [1.807, 2.05) is 0 Å². The van der Waals surface area contributed by atoms with Crippen molar-refractivity contribution in [2.45, 2.75) is 0 Å². The highest BCUT2D eigenvalue weighted by molar-refractivity contribution is 7.11. The van der Waals surface area contributed by atoms with Gasteiger partial charge in [-0.3, -0.25) is 0 Å². The smallest absolute Gasteiger partial charge is 0.449 e. The van der Waals surface area contributed by atoms with Crippen LogP contribution in [-0.2, 0) is 0 Å². The van der Waals surface area contributed by atoms with E-state index < -0.39 is 6.16 Å². The molecule has 0 atom stereocenters. The standard InChI is InChI=1S/C4HCl2NO3S/c5-1-2(6)11-7-3(1)10-4(8)9/h(H,8,9). The molecule has 0 saturated heterocycles. The monoisotopic (exact) mass is 213 g/mol. The molecule has 1 heterocycles. The van der Waals surface area contributed by atoms with E-state index >= 15 is 0 Å². The molecule has 0 aliphatic heterocycles. The van der Waals surface area contributed by atoms with Crippen molar-refractivity contribution in [3.8, 4) is 5.88 Å². The normalized spacial score (nSPS) is 9.64. The first-order valence-electron chi connectivity index (χ1n) is 2.32. The van der Waals surface area contributed by atoms with Crippen LogP contribution in [0, 0.1) is 0 Å². The summed E-state index contributed by atoms with van der Waals surface area (Å²) in [5.74, 6) is -0.172. The number of aromatic nitrogens is 1. The minimum absolute atomic E-state index is 0.0269. The Morgan fingerprint density at radius 3 is 2.64 bits per heavy atom. The second-order valence-electron chi connectivity index (χ2n) is 1.44. The number of carboxylic acid groups (broad SMARTS) is 1. The first-order valence-corrected chi connectivity index (χ1v) is 3.85. The summed E-state index contributed by atoms with van der Waals surface area (Å²) in [4.78, 5) is 9.97. The molecule has 1 aromatic rings. The van der Waals surface area contributed by atoms with E-state index in [4.69, 9.17) is 28.3 Å². The van der Waals surface area contributed by atoms with E-state index in [9.17, 15) is 4.79 Å². The van der Waals surface area contributed by atoms with Crippen LogP contribution in [0.3, 0.4) is 0 Å². The molecule has 0 amide bonds. The van der Waals surface area contributed by atoms with Crippen LogP contribution in [0.1, 0.15) is 0 Å². The third-order valence-corrected chi connectivity index (χ3v) is 2.33. The van der Waals surface area contributed by atoms with Crippen molar-refractivity contribution in [2.24, 2.45) is 0 Å². The lowest BCUT2D eigenvalue weighted by Crippen LogP contribution is -2.03.